The topological polar surface area (TPSA) is 24.9 Å². The minimum absolute atomic E-state index is 0.283. The highest BCUT2D eigenvalue weighted by Gasteiger charge is 2.10. The van der Waals surface area contributed by atoms with Crippen molar-refractivity contribution in [3.05, 3.63) is 29.6 Å². The summed E-state index contributed by atoms with van der Waals surface area (Å²) >= 11 is 0. The number of rotatable bonds is 5. The average Bonchev–Trinajstić information content (AvgIpc) is 2.24. The summed E-state index contributed by atoms with van der Waals surface area (Å²) in [7, 11) is 0. The van der Waals surface area contributed by atoms with Crippen molar-refractivity contribution < 1.29 is 0 Å². The molecule has 0 spiro atoms. The molecule has 0 saturated heterocycles. The molecular formula is C13H18N2. The van der Waals surface area contributed by atoms with Gasteiger partial charge in [0.05, 0.1) is 11.7 Å². The van der Waals surface area contributed by atoms with Crippen molar-refractivity contribution in [2.75, 3.05) is 6.54 Å². The molecule has 15 heavy (non-hydrogen) atoms. The highest BCUT2D eigenvalue weighted by atomic mass is 14.9. The smallest absolute Gasteiger partial charge is 0.0576 e. The van der Waals surface area contributed by atoms with Crippen LogP contribution in [0.2, 0.25) is 0 Å². The van der Waals surface area contributed by atoms with Crippen molar-refractivity contribution in [3.8, 4) is 12.3 Å². The van der Waals surface area contributed by atoms with Gasteiger partial charge in [0.25, 0.3) is 0 Å². The first-order valence-corrected chi connectivity index (χ1v) is 5.37. The maximum Gasteiger partial charge on any atom is 0.0576 e. The summed E-state index contributed by atoms with van der Waals surface area (Å²) in [6.45, 7) is 5.11. The molecule has 0 aliphatic carbocycles. The van der Waals surface area contributed by atoms with E-state index in [2.05, 4.69) is 36.1 Å². The van der Waals surface area contributed by atoms with Crippen molar-refractivity contribution in [2.24, 2.45) is 0 Å². The van der Waals surface area contributed by atoms with Gasteiger partial charge in [-0.05, 0) is 37.6 Å². The number of hydrogen-bond donors (Lipinski definition) is 1. The summed E-state index contributed by atoms with van der Waals surface area (Å²) in [5.41, 5.74) is 2.33. The van der Waals surface area contributed by atoms with Gasteiger partial charge in [-0.15, -0.1) is 12.3 Å². The van der Waals surface area contributed by atoms with Crippen LogP contribution in [0.4, 0.5) is 0 Å². The summed E-state index contributed by atoms with van der Waals surface area (Å²) in [4.78, 5) is 4.38. The zero-order valence-electron chi connectivity index (χ0n) is 9.46. The van der Waals surface area contributed by atoms with Gasteiger partial charge >= 0.3 is 0 Å². The van der Waals surface area contributed by atoms with Crippen LogP contribution in [0.15, 0.2) is 18.3 Å². The third-order valence-corrected chi connectivity index (χ3v) is 2.32. The molecule has 2 heteroatoms. The van der Waals surface area contributed by atoms with Crippen LogP contribution in [0.3, 0.4) is 0 Å². The van der Waals surface area contributed by atoms with E-state index < -0.39 is 0 Å². The molecule has 1 rings (SSSR count). The lowest BCUT2D eigenvalue weighted by atomic mass is 10.1. The van der Waals surface area contributed by atoms with Crippen LogP contribution in [0.1, 0.15) is 37.1 Å². The van der Waals surface area contributed by atoms with Gasteiger partial charge in [-0.25, -0.2) is 0 Å². The van der Waals surface area contributed by atoms with Crippen LogP contribution >= 0.6 is 0 Å². The Balaban J connectivity index is 2.74. The van der Waals surface area contributed by atoms with E-state index >= 15 is 0 Å². The largest absolute Gasteiger partial charge is 0.309 e. The number of aromatic nitrogens is 1. The van der Waals surface area contributed by atoms with E-state index in [9.17, 15) is 0 Å². The van der Waals surface area contributed by atoms with Gasteiger partial charge in [0.1, 0.15) is 0 Å². The summed E-state index contributed by atoms with van der Waals surface area (Å²) in [6, 6.07) is 4.41. The molecular weight excluding hydrogens is 184 g/mol. The van der Waals surface area contributed by atoms with E-state index in [4.69, 9.17) is 6.42 Å². The maximum absolute atomic E-state index is 5.28. The monoisotopic (exact) mass is 202 g/mol. The van der Waals surface area contributed by atoms with Crippen molar-refractivity contribution in [2.45, 2.75) is 32.7 Å². The van der Waals surface area contributed by atoms with Crippen molar-refractivity contribution in [1.82, 2.24) is 10.3 Å². The Morgan fingerprint density at radius 1 is 1.60 bits per heavy atom. The van der Waals surface area contributed by atoms with Crippen molar-refractivity contribution >= 4 is 0 Å². The molecule has 1 N–H and O–H groups in total. The fourth-order valence-electron chi connectivity index (χ4n) is 1.58. The highest BCUT2D eigenvalue weighted by molar-refractivity contribution is 5.17. The number of aryl methyl sites for hydroxylation is 1. The van der Waals surface area contributed by atoms with Crippen LogP contribution in [0.25, 0.3) is 0 Å². The molecule has 0 bridgehead atoms. The SMILES string of the molecule is C#CCCC(NCC)c1cc(C)ccn1. The predicted octanol–water partition coefficient (Wildman–Crippen LogP) is 2.45. The Kier molecular flexibility index (Phi) is 4.86. The van der Waals surface area contributed by atoms with Crippen LogP contribution in [-0.2, 0) is 0 Å². The lowest BCUT2D eigenvalue weighted by Gasteiger charge is -2.16. The Morgan fingerprint density at radius 3 is 3.00 bits per heavy atom. The van der Waals surface area contributed by atoms with E-state index in [1.165, 1.54) is 5.56 Å². The van der Waals surface area contributed by atoms with Gasteiger partial charge in [-0.2, -0.15) is 0 Å². The molecule has 0 aliphatic rings. The second-order valence-corrected chi connectivity index (χ2v) is 3.61. The van der Waals surface area contributed by atoms with Crippen molar-refractivity contribution in [1.29, 1.82) is 0 Å². The Bertz CT molecular complexity index is 339. The highest BCUT2D eigenvalue weighted by Crippen LogP contribution is 2.16. The normalized spacial score (nSPS) is 12.1. The first kappa shape index (κ1) is 11.7. The summed E-state index contributed by atoms with van der Waals surface area (Å²) in [6.07, 6.45) is 8.87. The third-order valence-electron chi connectivity index (χ3n) is 2.32. The maximum atomic E-state index is 5.28. The molecule has 0 aliphatic heterocycles. The molecule has 0 radical (unpaired) electrons. The van der Waals surface area contributed by atoms with Crippen LogP contribution in [-0.4, -0.2) is 11.5 Å². The van der Waals surface area contributed by atoms with Crippen LogP contribution < -0.4 is 5.32 Å². The molecule has 1 aromatic heterocycles. The van der Waals surface area contributed by atoms with E-state index in [-0.39, 0.29) is 6.04 Å². The van der Waals surface area contributed by atoms with Gasteiger partial charge in [0.2, 0.25) is 0 Å². The molecule has 1 unspecified atom stereocenters. The van der Waals surface area contributed by atoms with Gasteiger partial charge in [0, 0.05) is 12.6 Å². The van der Waals surface area contributed by atoms with Crippen LogP contribution in [0.5, 0.6) is 0 Å². The lowest BCUT2D eigenvalue weighted by Crippen LogP contribution is -2.21. The fourth-order valence-corrected chi connectivity index (χ4v) is 1.58. The second-order valence-electron chi connectivity index (χ2n) is 3.61. The first-order chi connectivity index (χ1) is 7.27. The molecule has 1 atom stereocenters. The zero-order valence-corrected chi connectivity index (χ0v) is 9.46. The number of nitrogens with zero attached hydrogens (tertiary/aromatic N) is 1. The molecule has 0 fully saturated rings. The fraction of sp³-hybridized carbons (Fsp3) is 0.462. The molecule has 0 saturated carbocycles. The van der Waals surface area contributed by atoms with Crippen molar-refractivity contribution in [3.63, 3.8) is 0 Å². The summed E-state index contributed by atoms with van der Waals surface area (Å²) in [5, 5.41) is 3.40. The predicted molar refractivity (Wildman–Crippen MR) is 63.5 cm³/mol. The van der Waals surface area contributed by atoms with E-state index in [0.29, 0.717) is 0 Å². The van der Waals surface area contributed by atoms with E-state index in [1.54, 1.807) is 0 Å². The van der Waals surface area contributed by atoms with Gasteiger partial charge in [-0.3, -0.25) is 4.98 Å². The Morgan fingerprint density at radius 2 is 2.40 bits per heavy atom. The Labute approximate surface area is 92.1 Å². The minimum atomic E-state index is 0.283. The van der Waals surface area contributed by atoms with Gasteiger partial charge < -0.3 is 5.32 Å². The summed E-state index contributed by atoms with van der Waals surface area (Å²) in [5.74, 6) is 2.67. The quantitative estimate of drug-likeness (QED) is 0.742. The molecule has 2 nitrogen and oxygen atoms in total. The van der Waals surface area contributed by atoms with Crippen LogP contribution in [0, 0.1) is 19.3 Å². The molecule has 1 heterocycles. The molecule has 80 valence electrons. The number of terminal acetylenes is 1. The molecule has 0 aromatic carbocycles. The zero-order chi connectivity index (χ0) is 11.1. The minimum Gasteiger partial charge on any atom is -0.309 e. The summed E-state index contributed by atoms with van der Waals surface area (Å²) < 4.78 is 0. The second kappa shape index (κ2) is 6.21. The Hall–Kier alpha value is -1.33. The standard InChI is InChI=1S/C13H18N2/c1-4-6-7-12(14-5-2)13-10-11(3)8-9-15-13/h1,8-10,12,14H,5-7H2,2-3H3. The number of pyridine rings is 1. The first-order valence-electron chi connectivity index (χ1n) is 5.37. The molecule has 1 aromatic rings. The lowest BCUT2D eigenvalue weighted by molar-refractivity contribution is 0.510. The van der Waals surface area contributed by atoms with E-state index in [1.807, 2.05) is 12.3 Å². The number of hydrogen-bond acceptors (Lipinski definition) is 2. The number of nitrogens with one attached hydrogen (secondary N) is 1. The third kappa shape index (κ3) is 3.73. The van der Waals surface area contributed by atoms with Gasteiger partial charge in [0.15, 0.2) is 0 Å². The average molecular weight is 202 g/mol. The van der Waals surface area contributed by atoms with E-state index in [0.717, 1.165) is 25.1 Å². The van der Waals surface area contributed by atoms with Gasteiger partial charge in [-0.1, -0.05) is 6.92 Å². The molecule has 0 amide bonds.